The molecule has 1 heterocycles. The number of benzene rings is 2. The molecule has 0 saturated carbocycles. The predicted molar refractivity (Wildman–Crippen MR) is 119 cm³/mol. The maximum atomic E-state index is 12.9. The summed E-state index contributed by atoms with van der Waals surface area (Å²) in [6.45, 7) is 3.69. The quantitative estimate of drug-likeness (QED) is 0.574. The molecule has 2 aromatic carbocycles. The minimum absolute atomic E-state index is 0.00749. The van der Waals surface area contributed by atoms with Crippen molar-refractivity contribution in [3.63, 3.8) is 0 Å². The first-order chi connectivity index (χ1) is 14.7. The molecule has 1 unspecified atom stereocenters. The lowest BCUT2D eigenvalue weighted by Gasteiger charge is -2.23. The summed E-state index contributed by atoms with van der Waals surface area (Å²) in [5.41, 5.74) is 5.28. The Balaban J connectivity index is 1.40. The van der Waals surface area contributed by atoms with E-state index in [0.717, 1.165) is 12.2 Å². The Labute approximate surface area is 178 Å². The third-order valence-electron chi connectivity index (χ3n) is 5.83. The molecular weight excluding hydrogens is 372 g/mol. The van der Waals surface area contributed by atoms with Crippen LogP contribution in [0.4, 0.5) is 0 Å². The molecule has 1 amide bonds. The van der Waals surface area contributed by atoms with Crippen LogP contribution in [0.3, 0.4) is 0 Å². The van der Waals surface area contributed by atoms with Crippen LogP contribution < -0.4 is 5.32 Å². The van der Waals surface area contributed by atoms with Gasteiger partial charge >= 0.3 is 0 Å². The molecule has 0 spiro atoms. The normalized spacial score (nSPS) is 14.3. The second-order valence-corrected chi connectivity index (χ2v) is 8.23. The molecule has 156 valence electrons. The van der Waals surface area contributed by atoms with Gasteiger partial charge in [0.05, 0.1) is 25.4 Å². The summed E-state index contributed by atoms with van der Waals surface area (Å²) in [5.74, 6) is 0.893. The van der Waals surface area contributed by atoms with E-state index < -0.39 is 0 Å². The summed E-state index contributed by atoms with van der Waals surface area (Å²) in [7, 11) is 0. The molecule has 30 heavy (non-hydrogen) atoms. The van der Waals surface area contributed by atoms with Crippen LogP contribution in [0.15, 0.2) is 71.3 Å². The van der Waals surface area contributed by atoms with Crippen LogP contribution in [0.5, 0.6) is 0 Å². The Morgan fingerprint density at radius 1 is 1.00 bits per heavy atom. The highest BCUT2D eigenvalue weighted by molar-refractivity contribution is 5.78. The molecule has 1 aliphatic carbocycles. The molecule has 1 aromatic heterocycles. The molecule has 0 fully saturated rings. The molecule has 0 aliphatic heterocycles. The van der Waals surface area contributed by atoms with Crippen molar-refractivity contribution in [2.24, 2.45) is 0 Å². The van der Waals surface area contributed by atoms with Crippen molar-refractivity contribution in [2.45, 2.75) is 51.7 Å². The van der Waals surface area contributed by atoms with Gasteiger partial charge in [-0.05, 0) is 67.0 Å². The first-order valence-electron chi connectivity index (χ1n) is 10.9. The lowest BCUT2D eigenvalue weighted by molar-refractivity contribution is -0.123. The number of aryl methyl sites for hydroxylation is 2. The third kappa shape index (κ3) is 5.39. The van der Waals surface area contributed by atoms with Gasteiger partial charge in [-0.15, -0.1) is 0 Å². The van der Waals surface area contributed by atoms with Gasteiger partial charge in [-0.3, -0.25) is 9.69 Å². The second kappa shape index (κ2) is 9.77. The van der Waals surface area contributed by atoms with E-state index in [0.29, 0.717) is 19.6 Å². The standard InChI is InChI=1S/C26H30N2O2/c1-20(23-14-13-22-10-5-6-11-24(22)16-23)27-26(29)19-28(18-25-12-7-15-30-25)17-21-8-3-2-4-9-21/h2-4,7-9,12-16,20H,5-6,10-11,17-19H2,1H3,(H,27,29). The molecule has 4 rings (SSSR count). The molecule has 1 atom stereocenters. The van der Waals surface area contributed by atoms with Gasteiger partial charge in [-0.1, -0.05) is 48.5 Å². The number of hydrogen-bond acceptors (Lipinski definition) is 3. The smallest absolute Gasteiger partial charge is 0.234 e. The maximum Gasteiger partial charge on any atom is 0.234 e. The van der Waals surface area contributed by atoms with E-state index in [-0.39, 0.29) is 11.9 Å². The Morgan fingerprint density at radius 2 is 1.80 bits per heavy atom. The van der Waals surface area contributed by atoms with Gasteiger partial charge in [0.1, 0.15) is 5.76 Å². The first kappa shape index (κ1) is 20.4. The van der Waals surface area contributed by atoms with Gasteiger partial charge in [0.15, 0.2) is 0 Å². The Hall–Kier alpha value is -2.85. The van der Waals surface area contributed by atoms with Crippen LogP contribution in [0.2, 0.25) is 0 Å². The summed E-state index contributed by atoms with van der Waals surface area (Å²) in [6.07, 6.45) is 6.55. The van der Waals surface area contributed by atoms with E-state index in [2.05, 4.69) is 47.5 Å². The lowest BCUT2D eigenvalue weighted by Crippen LogP contribution is -2.37. The molecule has 4 heteroatoms. The first-order valence-corrected chi connectivity index (χ1v) is 10.9. The number of furan rings is 1. The second-order valence-electron chi connectivity index (χ2n) is 8.23. The van der Waals surface area contributed by atoms with E-state index in [1.165, 1.54) is 41.5 Å². The monoisotopic (exact) mass is 402 g/mol. The average molecular weight is 403 g/mol. The van der Waals surface area contributed by atoms with Gasteiger partial charge in [0.25, 0.3) is 0 Å². The van der Waals surface area contributed by atoms with Gasteiger partial charge in [0.2, 0.25) is 5.91 Å². The number of hydrogen-bond donors (Lipinski definition) is 1. The number of nitrogens with one attached hydrogen (secondary N) is 1. The van der Waals surface area contributed by atoms with Crippen LogP contribution in [-0.2, 0) is 30.7 Å². The highest BCUT2D eigenvalue weighted by Crippen LogP contribution is 2.24. The fraction of sp³-hybridized carbons (Fsp3) is 0.346. The SMILES string of the molecule is CC(NC(=O)CN(Cc1ccccc1)Cc1ccco1)c1ccc2c(c1)CCCC2. The third-order valence-corrected chi connectivity index (χ3v) is 5.83. The summed E-state index contributed by atoms with van der Waals surface area (Å²) >= 11 is 0. The molecule has 0 bridgehead atoms. The Morgan fingerprint density at radius 3 is 2.57 bits per heavy atom. The molecule has 4 nitrogen and oxygen atoms in total. The minimum Gasteiger partial charge on any atom is -0.468 e. The molecule has 1 aliphatic rings. The summed E-state index contributed by atoms with van der Waals surface area (Å²) in [6, 6.07) is 20.7. The van der Waals surface area contributed by atoms with Gasteiger partial charge < -0.3 is 9.73 Å². The molecule has 3 aromatic rings. The van der Waals surface area contributed by atoms with Crippen molar-refractivity contribution in [3.8, 4) is 0 Å². The number of rotatable bonds is 8. The highest BCUT2D eigenvalue weighted by Gasteiger charge is 2.17. The van der Waals surface area contributed by atoms with Crippen LogP contribution in [0.25, 0.3) is 0 Å². The number of carbonyl (C=O) groups excluding carboxylic acids is 1. The van der Waals surface area contributed by atoms with Gasteiger partial charge in [-0.25, -0.2) is 0 Å². The fourth-order valence-corrected chi connectivity index (χ4v) is 4.23. The van der Waals surface area contributed by atoms with E-state index in [1.54, 1.807) is 6.26 Å². The van der Waals surface area contributed by atoms with E-state index >= 15 is 0 Å². The van der Waals surface area contributed by atoms with Crippen molar-refractivity contribution >= 4 is 5.91 Å². The topological polar surface area (TPSA) is 45.5 Å². The van der Waals surface area contributed by atoms with E-state index in [9.17, 15) is 4.79 Å². The van der Waals surface area contributed by atoms with Crippen molar-refractivity contribution < 1.29 is 9.21 Å². The van der Waals surface area contributed by atoms with Crippen LogP contribution in [0.1, 0.15) is 53.8 Å². The van der Waals surface area contributed by atoms with Crippen LogP contribution in [-0.4, -0.2) is 17.4 Å². The predicted octanol–water partition coefficient (Wildman–Crippen LogP) is 5.04. The van der Waals surface area contributed by atoms with Crippen molar-refractivity contribution in [1.29, 1.82) is 0 Å². The van der Waals surface area contributed by atoms with E-state index in [4.69, 9.17) is 4.42 Å². The minimum atomic E-state index is -0.00749. The van der Waals surface area contributed by atoms with Gasteiger partial charge in [0, 0.05) is 6.54 Å². The number of nitrogens with zero attached hydrogens (tertiary/aromatic N) is 1. The van der Waals surface area contributed by atoms with Crippen LogP contribution >= 0.6 is 0 Å². The van der Waals surface area contributed by atoms with Crippen LogP contribution in [0, 0.1) is 0 Å². The maximum absolute atomic E-state index is 12.9. The zero-order chi connectivity index (χ0) is 20.8. The lowest BCUT2D eigenvalue weighted by atomic mass is 9.89. The summed E-state index contributed by atoms with van der Waals surface area (Å²) < 4.78 is 5.51. The molecular formula is C26H30N2O2. The largest absolute Gasteiger partial charge is 0.468 e. The summed E-state index contributed by atoms with van der Waals surface area (Å²) in [4.78, 5) is 15.0. The molecule has 1 N–H and O–H groups in total. The Kier molecular flexibility index (Phi) is 6.65. The van der Waals surface area contributed by atoms with Crippen molar-refractivity contribution in [3.05, 3.63) is 94.9 Å². The number of amides is 1. The molecule has 0 saturated heterocycles. The fourth-order valence-electron chi connectivity index (χ4n) is 4.23. The summed E-state index contributed by atoms with van der Waals surface area (Å²) in [5, 5.41) is 3.19. The number of carbonyl (C=O) groups is 1. The van der Waals surface area contributed by atoms with Crippen molar-refractivity contribution in [2.75, 3.05) is 6.54 Å². The molecule has 0 radical (unpaired) electrons. The highest BCUT2D eigenvalue weighted by atomic mass is 16.3. The van der Waals surface area contributed by atoms with Crippen molar-refractivity contribution in [1.82, 2.24) is 10.2 Å². The zero-order valence-electron chi connectivity index (χ0n) is 17.6. The zero-order valence-corrected chi connectivity index (χ0v) is 17.6. The van der Waals surface area contributed by atoms with E-state index in [1.807, 2.05) is 30.3 Å². The Bertz CT molecular complexity index is 950. The number of fused-ring (bicyclic) bond motifs is 1. The average Bonchev–Trinajstić information content (AvgIpc) is 3.27. The van der Waals surface area contributed by atoms with Gasteiger partial charge in [-0.2, -0.15) is 0 Å².